The monoisotopic (exact) mass is 393 g/mol. The van der Waals surface area contributed by atoms with Gasteiger partial charge in [-0.3, -0.25) is 4.98 Å². The van der Waals surface area contributed by atoms with Gasteiger partial charge in [-0.15, -0.1) is 11.8 Å². The Morgan fingerprint density at radius 2 is 1.86 bits per heavy atom. The maximum atomic E-state index is 9.93. The van der Waals surface area contributed by atoms with E-state index in [1.807, 2.05) is 19.1 Å². The van der Waals surface area contributed by atoms with Gasteiger partial charge in [0, 0.05) is 10.5 Å². The van der Waals surface area contributed by atoms with Gasteiger partial charge in [-0.2, -0.15) is 0 Å². The largest absolute Gasteiger partial charge is 0.508 e. The lowest BCUT2D eigenvalue weighted by molar-refractivity contribution is 0.469. The number of aromatic hydroxyl groups is 1. The average Bonchev–Trinajstić information content (AvgIpc) is 2.74. The molecule has 0 aliphatic rings. The smallest absolute Gasteiger partial charge is 0.145 e. The molecule has 1 heterocycles. The Kier molecular flexibility index (Phi) is 6.93. The number of anilines is 1. The molecule has 28 heavy (non-hydrogen) atoms. The Morgan fingerprint density at radius 3 is 2.54 bits per heavy atom. The minimum Gasteiger partial charge on any atom is -0.508 e. The number of nitrogens with zero attached hydrogens (tertiary/aromatic N) is 2. The van der Waals surface area contributed by atoms with Gasteiger partial charge in [0.25, 0.3) is 0 Å². The Hall–Kier alpha value is -2.53. The first-order chi connectivity index (χ1) is 13.6. The van der Waals surface area contributed by atoms with Crippen LogP contribution in [0, 0.1) is 0 Å². The van der Waals surface area contributed by atoms with Crippen LogP contribution in [-0.2, 0) is 6.42 Å². The maximum Gasteiger partial charge on any atom is 0.145 e. The molecule has 5 heteroatoms. The SMILES string of the molecule is CCCC(Nc1cncc(-c2ccc(O)c(CC)c2)n1)c1ccc(SC)cc1. The summed E-state index contributed by atoms with van der Waals surface area (Å²) in [4.78, 5) is 10.4. The van der Waals surface area contributed by atoms with Gasteiger partial charge < -0.3 is 10.4 Å². The third-order valence-electron chi connectivity index (χ3n) is 4.81. The number of nitrogens with one attached hydrogen (secondary N) is 1. The first kappa shape index (κ1) is 20.2. The summed E-state index contributed by atoms with van der Waals surface area (Å²) in [6.07, 6.45) is 8.49. The molecule has 3 aromatic rings. The van der Waals surface area contributed by atoms with Gasteiger partial charge in [-0.05, 0) is 60.6 Å². The van der Waals surface area contributed by atoms with Crippen LogP contribution in [0.15, 0.2) is 59.8 Å². The molecule has 0 radical (unpaired) electrons. The molecular formula is C23H27N3OS. The van der Waals surface area contributed by atoms with Crippen LogP contribution in [0.3, 0.4) is 0 Å². The summed E-state index contributed by atoms with van der Waals surface area (Å²) in [6.45, 7) is 4.22. The van der Waals surface area contributed by atoms with E-state index in [1.54, 1.807) is 30.2 Å². The summed E-state index contributed by atoms with van der Waals surface area (Å²) in [5.74, 6) is 1.08. The van der Waals surface area contributed by atoms with E-state index in [1.165, 1.54) is 10.5 Å². The molecule has 2 aromatic carbocycles. The van der Waals surface area contributed by atoms with Crippen molar-refractivity contribution >= 4 is 17.6 Å². The normalized spacial score (nSPS) is 12.0. The van der Waals surface area contributed by atoms with Crippen molar-refractivity contribution in [3.05, 3.63) is 66.0 Å². The second-order valence-corrected chi connectivity index (χ2v) is 7.63. The van der Waals surface area contributed by atoms with Crippen LogP contribution >= 0.6 is 11.8 Å². The van der Waals surface area contributed by atoms with Crippen molar-refractivity contribution in [1.29, 1.82) is 0 Å². The molecule has 0 spiro atoms. The van der Waals surface area contributed by atoms with Gasteiger partial charge in [0.05, 0.1) is 24.1 Å². The van der Waals surface area contributed by atoms with Crippen LogP contribution in [-0.4, -0.2) is 21.3 Å². The molecule has 1 aromatic heterocycles. The molecule has 4 nitrogen and oxygen atoms in total. The molecule has 0 amide bonds. The summed E-state index contributed by atoms with van der Waals surface area (Å²) in [5, 5.41) is 13.5. The van der Waals surface area contributed by atoms with E-state index < -0.39 is 0 Å². The fourth-order valence-electron chi connectivity index (χ4n) is 3.23. The van der Waals surface area contributed by atoms with Crippen molar-refractivity contribution in [2.45, 2.75) is 44.0 Å². The highest BCUT2D eigenvalue weighted by molar-refractivity contribution is 7.98. The number of phenols is 1. The number of hydrogen-bond donors (Lipinski definition) is 2. The number of aryl methyl sites for hydroxylation is 1. The molecule has 0 saturated heterocycles. The van der Waals surface area contributed by atoms with E-state index in [0.29, 0.717) is 5.75 Å². The van der Waals surface area contributed by atoms with Crippen molar-refractivity contribution < 1.29 is 5.11 Å². The van der Waals surface area contributed by atoms with E-state index in [2.05, 4.69) is 47.7 Å². The first-order valence-corrected chi connectivity index (χ1v) is 10.9. The predicted octanol–water partition coefficient (Wildman–Crippen LogP) is 6.09. The lowest BCUT2D eigenvalue weighted by Crippen LogP contribution is -2.12. The minimum atomic E-state index is 0.191. The summed E-state index contributed by atoms with van der Waals surface area (Å²) < 4.78 is 0. The fraction of sp³-hybridized carbons (Fsp3) is 0.304. The number of hydrogen-bond acceptors (Lipinski definition) is 5. The molecular weight excluding hydrogens is 366 g/mol. The van der Waals surface area contributed by atoms with E-state index in [-0.39, 0.29) is 6.04 Å². The summed E-state index contributed by atoms with van der Waals surface area (Å²) in [6, 6.07) is 14.5. The molecule has 1 unspecified atom stereocenters. The highest BCUT2D eigenvalue weighted by atomic mass is 32.2. The highest BCUT2D eigenvalue weighted by Gasteiger charge is 2.13. The van der Waals surface area contributed by atoms with Gasteiger partial charge in [-0.1, -0.05) is 32.4 Å². The van der Waals surface area contributed by atoms with Gasteiger partial charge in [0.1, 0.15) is 11.6 Å². The van der Waals surface area contributed by atoms with Crippen LogP contribution in [0.25, 0.3) is 11.3 Å². The van der Waals surface area contributed by atoms with E-state index in [9.17, 15) is 5.11 Å². The number of aromatic nitrogens is 2. The molecule has 0 saturated carbocycles. The molecule has 0 aliphatic carbocycles. The van der Waals surface area contributed by atoms with Crippen molar-refractivity contribution in [3.63, 3.8) is 0 Å². The van der Waals surface area contributed by atoms with Crippen LogP contribution < -0.4 is 5.32 Å². The number of rotatable bonds is 8. The van der Waals surface area contributed by atoms with Gasteiger partial charge >= 0.3 is 0 Å². The predicted molar refractivity (Wildman–Crippen MR) is 118 cm³/mol. The Labute approximate surface area is 171 Å². The van der Waals surface area contributed by atoms with Gasteiger partial charge in [0.2, 0.25) is 0 Å². The minimum absolute atomic E-state index is 0.191. The van der Waals surface area contributed by atoms with Crippen molar-refractivity contribution in [3.8, 4) is 17.0 Å². The number of thioether (sulfide) groups is 1. The molecule has 2 N–H and O–H groups in total. The molecule has 0 bridgehead atoms. The second-order valence-electron chi connectivity index (χ2n) is 6.75. The topological polar surface area (TPSA) is 58.0 Å². The second kappa shape index (κ2) is 9.60. The summed E-state index contributed by atoms with van der Waals surface area (Å²) >= 11 is 1.75. The van der Waals surface area contributed by atoms with Crippen LogP contribution in [0.5, 0.6) is 5.75 Å². The van der Waals surface area contributed by atoms with Crippen LogP contribution in [0.2, 0.25) is 0 Å². The standard InChI is InChI=1S/C23H27N3OS/c1-4-6-20(17-7-10-19(28-3)11-8-17)25-23-15-24-14-21(26-23)18-9-12-22(27)16(5-2)13-18/h7-15,20,27H,4-6H2,1-3H3,(H,25,26). The summed E-state index contributed by atoms with van der Waals surface area (Å²) in [7, 11) is 0. The average molecular weight is 394 g/mol. The molecule has 0 aliphatic heterocycles. The van der Waals surface area contributed by atoms with Crippen molar-refractivity contribution in [2.24, 2.45) is 0 Å². The molecule has 146 valence electrons. The molecule has 3 rings (SSSR count). The van der Waals surface area contributed by atoms with Gasteiger partial charge in [0.15, 0.2) is 0 Å². The zero-order valence-corrected chi connectivity index (χ0v) is 17.5. The van der Waals surface area contributed by atoms with E-state index >= 15 is 0 Å². The maximum absolute atomic E-state index is 9.93. The van der Waals surface area contributed by atoms with E-state index in [4.69, 9.17) is 4.98 Å². The quantitative estimate of drug-likeness (QED) is 0.454. The van der Waals surface area contributed by atoms with E-state index in [0.717, 1.165) is 41.9 Å². The number of phenolic OH excluding ortho intramolecular Hbond substituents is 1. The van der Waals surface area contributed by atoms with Crippen LogP contribution in [0.4, 0.5) is 5.82 Å². The fourth-order valence-corrected chi connectivity index (χ4v) is 3.64. The lowest BCUT2D eigenvalue weighted by atomic mass is 10.0. The van der Waals surface area contributed by atoms with Crippen LogP contribution in [0.1, 0.15) is 43.9 Å². The Morgan fingerprint density at radius 1 is 1.07 bits per heavy atom. The zero-order valence-electron chi connectivity index (χ0n) is 16.6. The van der Waals surface area contributed by atoms with Crippen molar-refractivity contribution in [1.82, 2.24) is 9.97 Å². The summed E-state index contributed by atoms with van der Waals surface area (Å²) in [5.41, 5.74) is 3.93. The highest BCUT2D eigenvalue weighted by Crippen LogP contribution is 2.28. The molecule has 0 fully saturated rings. The zero-order chi connectivity index (χ0) is 19.9. The number of benzene rings is 2. The molecule has 1 atom stereocenters. The first-order valence-electron chi connectivity index (χ1n) is 9.69. The van der Waals surface area contributed by atoms with Gasteiger partial charge in [-0.25, -0.2) is 4.98 Å². The third kappa shape index (κ3) is 4.84. The third-order valence-corrected chi connectivity index (χ3v) is 5.55. The van der Waals surface area contributed by atoms with Crippen molar-refractivity contribution in [2.75, 3.05) is 11.6 Å². The lowest BCUT2D eigenvalue weighted by Gasteiger charge is -2.20. The Bertz CT molecular complexity index is 912. The Balaban J connectivity index is 1.85.